The third-order valence-electron chi connectivity index (χ3n) is 3.25. The fourth-order valence-electron chi connectivity index (χ4n) is 2.10. The molecule has 1 rings (SSSR count). The number of nitriles is 1. The molecule has 1 unspecified atom stereocenters. The molecule has 0 bridgehead atoms. The summed E-state index contributed by atoms with van der Waals surface area (Å²) in [6.45, 7) is 5.51. The Morgan fingerprint density at radius 2 is 2.00 bits per heavy atom. The minimum Gasteiger partial charge on any atom is -0.212 e. The van der Waals surface area contributed by atoms with Gasteiger partial charge in [0.15, 0.2) is 0 Å². The zero-order valence-corrected chi connectivity index (χ0v) is 10.8. The van der Waals surface area contributed by atoms with E-state index in [1.54, 1.807) is 0 Å². The predicted octanol–water partition coefficient (Wildman–Crippen LogP) is 2.66. The lowest BCUT2D eigenvalue weighted by Gasteiger charge is -2.25. The molecule has 1 fully saturated rings. The van der Waals surface area contributed by atoms with Crippen molar-refractivity contribution in [3.63, 3.8) is 0 Å². The van der Waals surface area contributed by atoms with E-state index in [0.29, 0.717) is 19.3 Å². The molecular weight excluding hydrogens is 234 g/mol. The van der Waals surface area contributed by atoms with Crippen molar-refractivity contribution in [2.24, 2.45) is 11.3 Å². The first kappa shape index (κ1) is 12.8. The molecule has 1 atom stereocenters. The van der Waals surface area contributed by atoms with Gasteiger partial charge in [0.25, 0.3) is 0 Å². The molecule has 3 nitrogen and oxygen atoms in total. The maximum atomic E-state index is 11.4. The summed E-state index contributed by atoms with van der Waals surface area (Å²) in [5.74, 6) is -0.0605. The molecule has 0 saturated heterocycles. The van der Waals surface area contributed by atoms with Crippen molar-refractivity contribution in [1.82, 2.24) is 0 Å². The molecule has 0 aromatic carbocycles. The van der Waals surface area contributed by atoms with Gasteiger partial charge in [0, 0.05) is 10.7 Å². The molecule has 0 radical (unpaired) electrons. The van der Waals surface area contributed by atoms with Crippen LogP contribution in [-0.4, -0.2) is 13.2 Å². The molecule has 1 aliphatic rings. The Morgan fingerprint density at radius 3 is 2.27 bits per heavy atom. The number of hydrogen-bond donors (Lipinski definition) is 0. The van der Waals surface area contributed by atoms with Gasteiger partial charge in [-0.05, 0) is 39.0 Å². The standard InChI is InChI=1S/C10H16ClNO2S/c1-8(6-9(2,3)7-12)10(4-5-10)15(11,13)14/h8H,4-6H2,1-3H3. The van der Waals surface area contributed by atoms with Gasteiger partial charge in [-0.1, -0.05) is 6.92 Å². The van der Waals surface area contributed by atoms with Gasteiger partial charge >= 0.3 is 0 Å². The van der Waals surface area contributed by atoms with Crippen LogP contribution in [0.3, 0.4) is 0 Å². The van der Waals surface area contributed by atoms with Crippen molar-refractivity contribution in [1.29, 1.82) is 5.26 Å². The van der Waals surface area contributed by atoms with Crippen LogP contribution < -0.4 is 0 Å². The Kier molecular flexibility index (Phi) is 3.10. The first-order valence-corrected chi connectivity index (χ1v) is 7.31. The highest BCUT2D eigenvalue weighted by Gasteiger charge is 2.58. The van der Waals surface area contributed by atoms with Crippen molar-refractivity contribution in [3.8, 4) is 6.07 Å². The Morgan fingerprint density at radius 1 is 1.53 bits per heavy atom. The minimum absolute atomic E-state index is 0.0605. The van der Waals surface area contributed by atoms with Crippen molar-refractivity contribution in [3.05, 3.63) is 0 Å². The fourth-order valence-corrected chi connectivity index (χ4v) is 4.17. The molecule has 15 heavy (non-hydrogen) atoms. The lowest BCUT2D eigenvalue weighted by molar-refractivity contribution is 0.339. The second-order valence-corrected chi connectivity index (χ2v) is 8.01. The van der Waals surface area contributed by atoms with Gasteiger partial charge in [0.1, 0.15) is 0 Å². The summed E-state index contributed by atoms with van der Waals surface area (Å²) in [5.41, 5.74) is -0.489. The molecule has 5 heteroatoms. The summed E-state index contributed by atoms with van der Waals surface area (Å²) in [6.07, 6.45) is 1.82. The maximum absolute atomic E-state index is 11.4. The van der Waals surface area contributed by atoms with Crippen LogP contribution in [0.1, 0.15) is 40.0 Å². The first-order chi connectivity index (χ1) is 6.65. The third-order valence-corrected chi connectivity index (χ3v) is 5.95. The maximum Gasteiger partial charge on any atom is 0.238 e. The van der Waals surface area contributed by atoms with Crippen LogP contribution in [0, 0.1) is 22.7 Å². The highest BCUT2D eigenvalue weighted by Crippen LogP contribution is 2.53. The van der Waals surface area contributed by atoms with E-state index < -0.39 is 19.2 Å². The van der Waals surface area contributed by atoms with Gasteiger partial charge < -0.3 is 0 Å². The van der Waals surface area contributed by atoms with Crippen LogP contribution in [0.4, 0.5) is 0 Å². The highest BCUT2D eigenvalue weighted by atomic mass is 35.7. The Hall–Kier alpha value is -0.270. The topological polar surface area (TPSA) is 57.9 Å². The lowest BCUT2D eigenvalue weighted by Crippen LogP contribution is -2.30. The van der Waals surface area contributed by atoms with E-state index in [1.165, 1.54) is 0 Å². The normalized spacial score (nSPS) is 21.8. The van der Waals surface area contributed by atoms with Crippen molar-refractivity contribution >= 4 is 19.7 Å². The number of halogens is 1. The van der Waals surface area contributed by atoms with Crippen LogP contribution in [0.15, 0.2) is 0 Å². The van der Waals surface area contributed by atoms with Gasteiger partial charge in [-0.2, -0.15) is 5.26 Å². The molecule has 0 amide bonds. The van der Waals surface area contributed by atoms with Crippen LogP contribution in [-0.2, 0) is 9.05 Å². The molecule has 1 aliphatic carbocycles. The molecule has 0 aliphatic heterocycles. The van der Waals surface area contributed by atoms with Crippen LogP contribution in [0.25, 0.3) is 0 Å². The predicted molar refractivity (Wildman–Crippen MR) is 59.9 cm³/mol. The van der Waals surface area contributed by atoms with Gasteiger partial charge in [-0.3, -0.25) is 0 Å². The summed E-state index contributed by atoms with van der Waals surface area (Å²) in [7, 11) is 1.94. The fraction of sp³-hybridized carbons (Fsp3) is 0.900. The summed E-state index contributed by atoms with van der Waals surface area (Å²) in [5, 5.41) is 8.90. The summed E-state index contributed by atoms with van der Waals surface area (Å²) in [6, 6.07) is 2.19. The highest BCUT2D eigenvalue weighted by molar-refractivity contribution is 8.15. The molecule has 1 saturated carbocycles. The molecule has 0 spiro atoms. The van der Waals surface area contributed by atoms with E-state index in [-0.39, 0.29) is 5.92 Å². The second kappa shape index (κ2) is 3.64. The van der Waals surface area contributed by atoms with Crippen molar-refractivity contribution in [2.45, 2.75) is 44.8 Å². The SMILES string of the molecule is CC(CC(C)(C)C#N)C1(S(=O)(=O)Cl)CC1. The monoisotopic (exact) mass is 249 g/mol. The van der Waals surface area contributed by atoms with Crippen LogP contribution in [0.2, 0.25) is 0 Å². The average Bonchev–Trinajstić information content (AvgIpc) is 2.81. The zero-order valence-electron chi connectivity index (χ0n) is 9.25. The van der Waals surface area contributed by atoms with E-state index in [9.17, 15) is 8.42 Å². The van der Waals surface area contributed by atoms with Gasteiger partial charge in [0.05, 0.1) is 16.2 Å². The Labute approximate surface area is 95.8 Å². The first-order valence-electron chi connectivity index (χ1n) is 5.00. The van der Waals surface area contributed by atoms with Gasteiger partial charge in [-0.25, -0.2) is 8.42 Å². The van der Waals surface area contributed by atoms with E-state index in [0.717, 1.165) is 0 Å². The molecular formula is C10H16ClNO2S. The van der Waals surface area contributed by atoms with Crippen molar-refractivity contribution < 1.29 is 8.42 Å². The smallest absolute Gasteiger partial charge is 0.212 e. The molecule has 0 N–H and O–H groups in total. The molecule has 86 valence electrons. The number of hydrogen-bond acceptors (Lipinski definition) is 3. The van der Waals surface area contributed by atoms with E-state index >= 15 is 0 Å². The van der Waals surface area contributed by atoms with E-state index in [4.69, 9.17) is 15.9 Å². The summed E-state index contributed by atoms with van der Waals surface area (Å²) in [4.78, 5) is 0. The quantitative estimate of drug-likeness (QED) is 0.720. The van der Waals surface area contributed by atoms with Gasteiger partial charge in [-0.15, -0.1) is 0 Å². The van der Waals surface area contributed by atoms with Crippen LogP contribution >= 0.6 is 10.7 Å². The van der Waals surface area contributed by atoms with Gasteiger partial charge in [0.2, 0.25) is 9.05 Å². The number of rotatable bonds is 4. The van der Waals surface area contributed by atoms with E-state index in [1.807, 2.05) is 20.8 Å². The molecule has 0 heterocycles. The summed E-state index contributed by atoms with van der Waals surface area (Å²) >= 11 is 0. The second-order valence-electron chi connectivity index (χ2n) is 5.10. The molecule has 0 aromatic rings. The average molecular weight is 250 g/mol. The van der Waals surface area contributed by atoms with Crippen molar-refractivity contribution in [2.75, 3.05) is 0 Å². The number of nitrogens with zero attached hydrogens (tertiary/aromatic N) is 1. The molecule has 0 aromatic heterocycles. The van der Waals surface area contributed by atoms with Crippen LogP contribution in [0.5, 0.6) is 0 Å². The zero-order chi connectivity index (χ0) is 11.9. The minimum atomic E-state index is -3.51. The third kappa shape index (κ3) is 2.46. The largest absolute Gasteiger partial charge is 0.238 e. The summed E-state index contributed by atoms with van der Waals surface area (Å²) < 4.78 is 22.1. The lowest BCUT2D eigenvalue weighted by atomic mass is 9.83. The Balaban J connectivity index is 2.81. The Bertz CT molecular complexity index is 390. The van der Waals surface area contributed by atoms with E-state index in [2.05, 4.69) is 6.07 Å².